The van der Waals surface area contributed by atoms with Crippen molar-refractivity contribution < 1.29 is 19.1 Å². The summed E-state index contributed by atoms with van der Waals surface area (Å²) in [5, 5.41) is 8.82. The number of hydrogen-bond donors (Lipinski definition) is 1. The summed E-state index contributed by atoms with van der Waals surface area (Å²) < 4.78 is 5.25. The van der Waals surface area contributed by atoms with Gasteiger partial charge < -0.3 is 9.52 Å². The first-order valence-corrected chi connectivity index (χ1v) is 6.40. The SMILES string of the molecule is CC(=O)c1cccc(C(C)Cc2ccc(C(=O)O)o2)c1. The minimum absolute atomic E-state index is 0.0326. The zero-order valence-corrected chi connectivity index (χ0v) is 11.4. The highest BCUT2D eigenvalue weighted by Crippen LogP contribution is 2.22. The molecule has 104 valence electrons. The highest BCUT2D eigenvalue weighted by Gasteiger charge is 2.13. The fourth-order valence-electron chi connectivity index (χ4n) is 2.09. The molecular formula is C16H16O4. The van der Waals surface area contributed by atoms with Gasteiger partial charge in [-0.2, -0.15) is 0 Å². The summed E-state index contributed by atoms with van der Waals surface area (Å²) in [7, 11) is 0. The second-order valence-electron chi connectivity index (χ2n) is 4.86. The van der Waals surface area contributed by atoms with E-state index in [0.717, 1.165) is 5.56 Å². The van der Waals surface area contributed by atoms with Crippen LogP contribution in [0.15, 0.2) is 40.8 Å². The molecule has 2 rings (SSSR count). The zero-order valence-electron chi connectivity index (χ0n) is 11.4. The van der Waals surface area contributed by atoms with E-state index in [1.54, 1.807) is 12.1 Å². The number of carboxylic acids is 1. The molecule has 0 aliphatic carbocycles. The predicted molar refractivity (Wildman–Crippen MR) is 74.2 cm³/mol. The van der Waals surface area contributed by atoms with Crippen molar-refractivity contribution in [2.45, 2.75) is 26.2 Å². The number of carbonyl (C=O) groups is 2. The summed E-state index contributed by atoms with van der Waals surface area (Å²) in [6.45, 7) is 3.55. The van der Waals surface area contributed by atoms with Crippen molar-refractivity contribution in [2.24, 2.45) is 0 Å². The molecule has 1 unspecified atom stereocenters. The maximum Gasteiger partial charge on any atom is 0.371 e. The van der Waals surface area contributed by atoms with Crippen molar-refractivity contribution in [3.8, 4) is 0 Å². The lowest BCUT2D eigenvalue weighted by Gasteiger charge is -2.11. The van der Waals surface area contributed by atoms with E-state index in [-0.39, 0.29) is 17.5 Å². The summed E-state index contributed by atoms with van der Waals surface area (Å²) in [6.07, 6.45) is 0.592. The third-order valence-corrected chi connectivity index (χ3v) is 3.24. The zero-order chi connectivity index (χ0) is 14.7. The third-order valence-electron chi connectivity index (χ3n) is 3.24. The van der Waals surface area contributed by atoms with E-state index in [4.69, 9.17) is 9.52 Å². The predicted octanol–water partition coefficient (Wildman–Crippen LogP) is 3.53. The molecule has 0 saturated heterocycles. The molecule has 1 N–H and O–H groups in total. The van der Waals surface area contributed by atoms with Crippen LogP contribution in [0.3, 0.4) is 0 Å². The molecule has 2 aromatic rings. The van der Waals surface area contributed by atoms with Crippen molar-refractivity contribution in [3.05, 3.63) is 59.0 Å². The fraction of sp³-hybridized carbons (Fsp3) is 0.250. The molecule has 1 aromatic heterocycles. The van der Waals surface area contributed by atoms with Gasteiger partial charge in [0.15, 0.2) is 5.78 Å². The Balaban J connectivity index is 2.14. The Labute approximate surface area is 117 Å². The minimum Gasteiger partial charge on any atom is -0.475 e. The molecule has 20 heavy (non-hydrogen) atoms. The Morgan fingerprint density at radius 3 is 2.60 bits per heavy atom. The van der Waals surface area contributed by atoms with Crippen LogP contribution in [0.25, 0.3) is 0 Å². The summed E-state index contributed by atoms with van der Waals surface area (Å²) >= 11 is 0. The number of carbonyl (C=O) groups excluding carboxylic acids is 1. The summed E-state index contributed by atoms with van der Waals surface area (Å²) in [5.41, 5.74) is 1.71. The van der Waals surface area contributed by atoms with Crippen molar-refractivity contribution in [2.75, 3.05) is 0 Å². The Morgan fingerprint density at radius 1 is 1.25 bits per heavy atom. The molecule has 0 spiro atoms. The molecule has 0 saturated carbocycles. The molecule has 0 aliphatic heterocycles. The Bertz CT molecular complexity index is 639. The topological polar surface area (TPSA) is 67.5 Å². The first kappa shape index (κ1) is 14.1. The average Bonchev–Trinajstić information content (AvgIpc) is 2.87. The lowest BCUT2D eigenvalue weighted by Crippen LogP contribution is -2.00. The second-order valence-corrected chi connectivity index (χ2v) is 4.86. The Kier molecular flexibility index (Phi) is 4.03. The number of rotatable bonds is 5. The van der Waals surface area contributed by atoms with Crippen molar-refractivity contribution in [3.63, 3.8) is 0 Å². The second kappa shape index (κ2) is 5.74. The molecule has 1 heterocycles. The van der Waals surface area contributed by atoms with E-state index in [9.17, 15) is 9.59 Å². The number of benzene rings is 1. The summed E-state index contributed by atoms with van der Waals surface area (Å²) in [5.74, 6) is -0.317. The van der Waals surface area contributed by atoms with Crippen LogP contribution in [-0.2, 0) is 6.42 Å². The third kappa shape index (κ3) is 3.15. The van der Waals surface area contributed by atoms with Crippen molar-refractivity contribution >= 4 is 11.8 Å². The van der Waals surface area contributed by atoms with Gasteiger partial charge in [0, 0.05) is 12.0 Å². The quantitative estimate of drug-likeness (QED) is 0.845. The highest BCUT2D eigenvalue weighted by molar-refractivity contribution is 5.94. The van der Waals surface area contributed by atoms with Gasteiger partial charge in [-0.1, -0.05) is 25.1 Å². The molecule has 0 radical (unpaired) electrons. The Morgan fingerprint density at radius 2 is 2.00 bits per heavy atom. The summed E-state index contributed by atoms with van der Waals surface area (Å²) in [4.78, 5) is 22.1. The van der Waals surface area contributed by atoms with Crippen LogP contribution in [0, 0.1) is 0 Å². The molecule has 4 nitrogen and oxygen atoms in total. The van der Waals surface area contributed by atoms with Crippen LogP contribution in [0.4, 0.5) is 0 Å². The molecule has 0 aliphatic rings. The Hall–Kier alpha value is -2.36. The first-order valence-electron chi connectivity index (χ1n) is 6.40. The minimum atomic E-state index is -1.07. The van der Waals surface area contributed by atoms with Gasteiger partial charge in [0.05, 0.1) is 0 Å². The maximum atomic E-state index is 11.4. The monoisotopic (exact) mass is 272 g/mol. The van der Waals surface area contributed by atoms with E-state index >= 15 is 0 Å². The number of furan rings is 1. The molecular weight excluding hydrogens is 256 g/mol. The largest absolute Gasteiger partial charge is 0.475 e. The van der Waals surface area contributed by atoms with E-state index < -0.39 is 5.97 Å². The van der Waals surface area contributed by atoms with E-state index in [1.807, 2.05) is 25.1 Å². The first-order chi connectivity index (χ1) is 9.47. The van der Waals surface area contributed by atoms with Crippen LogP contribution in [-0.4, -0.2) is 16.9 Å². The number of Topliss-reactive ketones (excluding diaryl/α,β-unsaturated/α-hetero) is 1. The van der Waals surface area contributed by atoms with Gasteiger partial charge in [0.2, 0.25) is 5.76 Å². The van der Waals surface area contributed by atoms with Gasteiger partial charge >= 0.3 is 5.97 Å². The fourth-order valence-corrected chi connectivity index (χ4v) is 2.09. The number of carboxylic acid groups (broad SMARTS) is 1. The number of ketones is 1. The standard InChI is InChI=1S/C16H16O4/c1-10(8-14-6-7-15(20-14)16(18)19)12-4-3-5-13(9-12)11(2)17/h3-7,9-10H,8H2,1-2H3,(H,18,19). The van der Waals surface area contributed by atoms with E-state index in [2.05, 4.69) is 0 Å². The van der Waals surface area contributed by atoms with Crippen LogP contribution in [0.2, 0.25) is 0 Å². The van der Waals surface area contributed by atoms with E-state index in [1.165, 1.54) is 13.0 Å². The average molecular weight is 272 g/mol. The van der Waals surface area contributed by atoms with Gasteiger partial charge in [0.25, 0.3) is 0 Å². The molecule has 0 fully saturated rings. The summed E-state index contributed by atoms with van der Waals surface area (Å²) in [6, 6.07) is 10.6. The lowest BCUT2D eigenvalue weighted by molar-refractivity contribution is 0.0660. The molecule has 0 amide bonds. The van der Waals surface area contributed by atoms with Gasteiger partial charge in [-0.25, -0.2) is 4.79 Å². The van der Waals surface area contributed by atoms with Crippen molar-refractivity contribution in [1.82, 2.24) is 0 Å². The maximum absolute atomic E-state index is 11.4. The van der Waals surface area contributed by atoms with Gasteiger partial charge in [-0.3, -0.25) is 4.79 Å². The smallest absolute Gasteiger partial charge is 0.371 e. The molecule has 1 aromatic carbocycles. The normalized spacial score (nSPS) is 12.1. The lowest BCUT2D eigenvalue weighted by atomic mass is 9.94. The molecule has 0 bridgehead atoms. The van der Waals surface area contributed by atoms with Gasteiger partial charge in [0.1, 0.15) is 5.76 Å². The number of aromatic carboxylic acids is 1. The van der Waals surface area contributed by atoms with Crippen LogP contribution in [0.5, 0.6) is 0 Å². The molecule has 1 atom stereocenters. The number of hydrogen-bond acceptors (Lipinski definition) is 3. The van der Waals surface area contributed by atoms with Crippen LogP contribution >= 0.6 is 0 Å². The van der Waals surface area contributed by atoms with Crippen LogP contribution in [0.1, 0.15) is 52.0 Å². The van der Waals surface area contributed by atoms with Crippen LogP contribution < -0.4 is 0 Å². The molecule has 4 heteroatoms. The highest BCUT2D eigenvalue weighted by atomic mass is 16.4. The van der Waals surface area contributed by atoms with Crippen molar-refractivity contribution in [1.29, 1.82) is 0 Å². The van der Waals surface area contributed by atoms with E-state index in [0.29, 0.717) is 17.7 Å². The van der Waals surface area contributed by atoms with Gasteiger partial charge in [-0.15, -0.1) is 0 Å². The van der Waals surface area contributed by atoms with Gasteiger partial charge in [-0.05, 0) is 36.6 Å².